The van der Waals surface area contributed by atoms with E-state index in [1.807, 2.05) is 6.07 Å². The fourth-order valence-electron chi connectivity index (χ4n) is 3.92. The number of fused-ring (bicyclic) bond motifs is 1. The van der Waals surface area contributed by atoms with E-state index in [1.165, 1.54) is 17.2 Å². The molecule has 3 heterocycles. The predicted octanol–water partition coefficient (Wildman–Crippen LogP) is 2.89. The van der Waals surface area contributed by atoms with Crippen molar-refractivity contribution < 1.29 is 9.18 Å². The molecule has 7 nitrogen and oxygen atoms in total. The van der Waals surface area contributed by atoms with Crippen molar-refractivity contribution >= 4 is 23.4 Å². The Morgan fingerprint density at radius 2 is 2.17 bits per heavy atom. The van der Waals surface area contributed by atoms with Crippen LogP contribution in [0.4, 0.5) is 21.8 Å². The van der Waals surface area contributed by atoms with Crippen LogP contribution in [0, 0.1) is 5.82 Å². The Hall–Kier alpha value is -3.00. The van der Waals surface area contributed by atoms with Gasteiger partial charge in [-0.25, -0.2) is 9.37 Å². The molecule has 1 aromatic carbocycles. The summed E-state index contributed by atoms with van der Waals surface area (Å²) < 4.78 is 14.3. The van der Waals surface area contributed by atoms with Gasteiger partial charge < -0.3 is 15.5 Å². The predicted molar refractivity (Wildman–Crippen MR) is 110 cm³/mol. The molecule has 29 heavy (non-hydrogen) atoms. The molecule has 2 aliphatic heterocycles. The number of hydrogen-bond acceptors (Lipinski definition) is 6. The SMILES string of the molecule is C=CC(=O)N1CCC[C@@H](Nc2nc(Nc3ccc4c(c3)CN(C)C4)ncc2F)C1. The Bertz CT molecular complexity index is 933. The van der Waals surface area contributed by atoms with Crippen molar-refractivity contribution in [2.24, 2.45) is 0 Å². The van der Waals surface area contributed by atoms with E-state index < -0.39 is 5.82 Å². The topological polar surface area (TPSA) is 73.4 Å². The van der Waals surface area contributed by atoms with Crippen molar-refractivity contribution in [3.05, 3.63) is 54.0 Å². The van der Waals surface area contributed by atoms with Crippen molar-refractivity contribution in [1.82, 2.24) is 19.8 Å². The molecule has 2 aliphatic rings. The maximum atomic E-state index is 14.3. The fourth-order valence-corrected chi connectivity index (χ4v) is 3.92. The van der Waals surface area contributed by atoms with Crippen LogP contribution in [0.25, 0.3) is 0 Å². The lowest BCUT2D eigenvalue weighted by Gasteiger charge is -2.32. The first-order chi connectivity index (χ1) is 14.0. The Morgan fingerprint density at radius 3 is 3.00 bits per heavy atom. The Morgan fingerprint density at radius 1 is 1.34 bits per heavy atom. The van der Waals surface area contributed by atoms with Crippen LogP contribution >= 0.6 is 0 Å². The molecule has 0 radical (unpaired) electrons. The van der Waals surface area contributed by atoms with Crippen molar-refractivity contribution in [3.63, 3.8) is 0 Å². The summed E-state index contributed by atoms with van der Waals surface area (Å²) in [5.41, 5.74) is 3.46. The first-order valence-electron chi connectivity index (χ1n) is 9.79. The molecule has 0 spiro atoms. The summed E-state index contributed by atoms with van der Waals surface area (Å²) in [6, 6.07) is 6.09. The van der Waals surface area contributed by atoms with Crippen LogP contribution in [0.3, 0.4) is 0 Å². The number of nitrogens with zero attached hydrogens (tertiary/aromatic N) is 4. The van der Waals surface area contributed by atoms with E-state index in [9.17, 15) is 9.18 Å². The highest BCUT2D eigenvalue weighted by atomic mass is 19.1. The molecular formula is C21H25FN6O. The first-order valence-corrected chi connectivity index (χ1v) is 9.79. The number of rotatable bonds is 5. The molecule has 1 amide bonds. The lowest BCUT2D eigenvalue weighted by atomic mass is 10.1. The third kappa shape index (κ3) is 4.37. The van der Waals surface area contributed by atoms with Gasteiger partial charge in [-0.3, -0.25) is 9.69 Å². The summed E-state index contributed by atoms with van der Waals surface area (Å²) >= 11 is 0. The smallest absolute Gasteiger partial charge is 0.246 e. The largest absolute Gasteiger partial charge is 0.363 e. The third-order valence-corrected chi connectivity index (χ3v) is 5.34. The van der Waals surface area contributed by atoms with Gasteiger partial charge in [-0.15, -0.1) is 0 Å². The minimum Gasteiger partial charge on any atom is -0.363 e. The molecule has 0 unspecified atom stereocenters. The van der Waals surface area contributed by atoms with E-state index in [2.05, 4.69) is 51.3 Å². The number of halogens is 1. The molecular weight excluding hydrogens is 371 g/mol. The number of piperidine rings is 1. The van der Waals surface area contributed by atoms with E-state index >= 15 is 0 Å². The molecule has 1 fully saturated rings. The lowest BCUT2D eigenvalue weighted by Crippen LogP contribution is -2.44. The highest BCUT2D eigenvalue weighted by molar-refractivity contribution is 5.87. The molecule has 2 N–H and O–H groups in total. The number of amides is 1. The minimum atomic E-state index is -0.515. The van der Waals surface area contributed by atoms with E-state index in [-0.39, 0.29) is 17.8 Å². The van der Waals surface area contributed by atoms with E-state index in [1.54, 1.807) is 4.90 Å². The van der Waals surface area contributed by atoms with Gasteiger partial charge in [0.05, 0.1) is 6.20 Å². The van der Waals surface area contributed by atoms with Crippen LogP contribution in [0.2, 0.25) is 0 Å². The average Bonchev–Trinajstić information content (AvgIpc) is 3.09. The molecule has 8 heteroatoms. The zero-order valence-corrected chi connectivity index (χ0v) is 16.5. The normalized spacial score (nSPS) is 19.0. The maximum Gasteiger partial charge on any atom is 0.246 e. The zero-order chi connectivity index (χ0) is 20.4. The first kappa shape index (κ1) is 19.3. The molecule has 0 saturated carbocycles. The summed E-state index contributed by atoms with van der Waals surface area (Å²) in [5.74, 6) is -0.154. The van der Waals surface area contributed by atoms with Crippen LogP contribution in [0.15, 0.2) is 37.1 Å². The number of anilines is 3. The second-order valence-corrected chi connectivity index (χ2v) is 7.64. The third-order valence-electron chi connectivity index (χ3n) is 5.34. The number of nitrogens with one attached hydrogen (secondary N) is 2. The van der Waals surface area contributed by atoms with Gasteiger partial charge in [0.15, 0.2) is 11.6 Å². The summed E-state index contributed by atoms with van der Waals surface area (Å²) in [4.78, 5) is 24.2. The van der Waals surface area contributed by atoms with Gasteiger partial charge in [0.1, 0.15) is 0 Å². The Kier molecular flexibility index (Phi) is 5.44. The number of benzene rings is 1. The van der Waals surface area contributed by atoms with Crippen LogP contribution in [-0.4, -0.2) is 51.9 Å². The summed E-state index contributed by atoms with van der Waals surface area (Å²) in [5, 5.41) is 6.30. The van der Waals surface area contributed by atoms with E-state index in [0.717, 1.165) is 37.8 Å². The van der Waals surface area contributed by atoms with Crippen LogP contribution in [-0.2, 0) is 17.9 Å². The van der Waals surface area contributed by atoms with Gasteiger partial charge in [0.25, 0.3) is 0 Å². The van der Waals surface area contributed by atoms with Crippen molar-refractivity contribution in [1.29, 1.82) is 0 Å². The van der Waals surface area contributed by atoms with Gasteiger partial charge >= 0.3 is 0 Å². The number of carbonyl (C=O) groups is 1. The standard InChI is InChI=1S/C21H25FN6O/c1-3-19(29)28-8-4-5-17(13-28)24-20-18(22)10-23-21(26-20)25-16-7-6-14-11-27(2)12-15(14)9-16/h3,6-7,9-10,17H,1,4-5,8,11-13H2,2H3,(H2,23,24,25,26)/t17-/m1/s1. The van der Waals surface area contributed by atoms with Crippen LogP contribution in [0.1, 0.15) is 24.0 Å². The summed E-state index contributed by atoms with van der Waals surface area (Å²) in [6.07, 6.45) is 4.16. The van der Waals surface area contributed by atoms with Crippen molar-refractivity contribution in [2.75, 3.05) is 30.8 Å². The quantitative estimate of drug-likeness (QED) is 0.757. The average molecular weight is 396 g/mol. The van der Waals surface area contributed by atoms with Gasteiger partial charge in [-0.2, -0.15) is 4.98 Å². The number of carbonyl (C=O) groups excluding carboxylic acids is 1. The Labute approximate surface area is 169 Å². The molecule has 0 aliphatic carbocycles. The Balaban J connectivity index is 1.46. The molecule has 0 bridgehead atoms. The summed E-state index contributed by atoms with van der Waals surface area (Å²) in [6.45, 7) is 6.57. The monoisotopic (exact) mass is 396 g/mol. The number of hydrogen-bond donors (Lipinski definition) is 2. The van der Waals surface area contributed by atoms with E-state index in [4.69, 9.17) is 0 Å². The van der Waals surface area contributed by atoms with Gasteiger partial charge in [-0.05, 0) is 49.2 Å². The zero-order valence-electron chi connectivity index (χ0n) is 16.5. The highest BCUT2D eigenvalue weighted by Crippen LogP contribution is 2.26. The molecule has 1 aromatic heterocycles. The van der Waals surface area contributed by atoms with E-state index in [0.29, 0.717) is 19.0 Å². The highest BCUT2D eigenvalue weighted by Gasteiger charge is 2.23. The lowest BCUT2D eigenvalue weighted by molar-refractivity contribution is -0.127. The summed E-state index contributed by atoms with van der Waals surface area (Å²) in [7, 11) is 2.09. The minimum absolute atomic E-state index is 0.0690. The molecule has 4 rings (SSSR count). The van der Waals surface area contributed by atoms with Crippen molar-refractivity contribution in [2.45, 2.75) is 32.0 Å². The van der Waals surface area contributed by atoms with Gasteiger partial charge in [-0.1, -0.05) is 12.6 Å². The van der Waals surface area contributed by atoms with Crippen LogP contribution < -0.4 is 10.6 Å². The maximum absolute atomic E-state index is 14.3. The number of aromatic nitrogens is 2. The molecule has 152 valence electrons. The molecule has 2 aromatic rings. The molecule has 1 saturated heterocycles. The van der Waals surface area contributed by atoms with Crippen molar-refractivity contribution in [3.8, 4) is 0 Å². The second-order valence-electron chi connectivity index (χ2n) is 7.64. The van der Waals surface area contributed by atoms with Gasteiger partial charge in [0, 0.05) is 37.9 Å². The fraction of sp³-hybridized carbons (Fsp3) is 0.381. The van der Waals surface area contributed by atoms with Gasteiger partial charge in [0.2, 0.25) is 11.9 Å². The van der Waals surface area contributed by atoms with Crippen LogP contribution in [0.5, 0.6) is 0 Å². The number of likely N-dealkylation sites (tertiary alicyclic amines) is 1. The second kappa shape index (κ2) is 8.16. The molecule has 1 atom stereocenters.